The molecule has 0 saturated carbocycles. The fourth-order valence-corrected chi connectivity index (χ4v) is 5.04. The maximum atomic E-state index is 13.1. The number of hydrogen-bond donors (Lipinski definition) is 1. The molecule has 2 fully saturated rings. The summed E-state index contributed by atoms with van der Waals surface area (Å²) in [4.78, 5) is 54.8. The van der Waals surface area contributed by atoms with Crippen LogP contribution in [0.3, 0.4) is 0 Å². The topological polar surface area (TPSA) is 114 Å². The molecule has 1 aromatic rings. The van der Waals surface area contributed by atoms with Crippen LogP contribution in [0.4, 0.5) is 5.69 Å². The Balaban J connectivity index is 1.42. The van der Waals surface area contributed by atoms with E-state index in [9.17, 15) is 19.2 Å². The zero-order valence-corrected chi connectivity index (χ0v) is 18.8. The van der Waals surface area contributed by atoms with Crippen molar-refractivity contribution in [1.82, 2.24) is 15.1 Å². The lowest BCUT2D eigenvalue weighted by Crippen LogP contribution is -2.49. The van der Waals surface area contributed by atoms with E-state index in [1.807, 2.05) is 6.07 Å². The molecule has 0 bridgehead atoms. The number of hydrogen-bond acceptors (Lipinski definition) is 7. The summed E-state index contributed by atoms with van der Waals surface area (Å²) in [5, 5.41) is 11.4. The van der Waals surface area contributed by atoms with E-state index in [2.05, 4.69) is 21.1 Å². The van der Waals surface area contributed by atoms with Crippen molar-refractivity contribution in [2.24, 2.45) is 5.92 Å². The fourth-order valence-electron chi connectivity index (χ4n) is 5.04. The molecule has 9 nitrogen and oxygen atoms in total. The van der Waals surface area contributed by atoms with Gasteiger partial charge < -0.3 is 15.0 Å². The molecular formula is C23H28BN5O4. The van der Waals surface area contributed by atoms with Gasteiger partial charge in [-0.3, -0.25) is 24.2 Å². The summed E-state index contributed by atoms with van der Waals surface area (Å²) < 4.78 is 0. The second kappa shape index (κ2) is 9.75. The van der Waals surface area contributed by atoms with Gasteiger partial charge in [0.2, 0.25) is 5.91 Å². The largest absolute Gasteiger partial charge is 0.369 e. The van der Waals surface area contributed by atoms with Crippen LogP contribution < -0.4 is 10.2 Å². The number of likely N-dealkylation sites (N-methyl/N-ethyl adjacent to an activating group) is 1. The van der Waals surface area contributed by atoms with Gasteiger partial charge in [0.25, 0.3) is 18.5 Å². The number of nitriles is 1. The highest BCUT2D eigenvalue weighted by Crippen LogP contribution is 2.32. The first-order valence-electron chi connectivity index (χ1n) is 11.5. The molecule has 33 heavy (non-hydrogen) atoms. The van der Waals surface area contributed by atoms with Crippen molar-refractivity contribution in [2.75, 3.05) is 44.7 Å². The quantitative estimate of drug-likeness (QED) is 0.353. The number of anilines is 1. The Morgan fingerprint density at radius 3 is 2.55 bits per heavy atom. The van der Waals surface area contributed by atoms with Gasteiger partial charge in [-0.25, -0.2) is 5.26 Å². The van der Waals surface area contributed by atoms with Crippen LogP contribution in [0.1, 0.15) is 33.6 Å². The molecule has 1 unspecified atom stereocenters. The molecule has 1 atom stereocenters. The smallest absolute Gasteiger partial charge is 0.268 e. The lowest BCUT2D eigenvalue weighted by atomic mass is 9.32. The van der Waals surface area contributed by atoms with Crippen LogP contribution in [0.25, 0.3) is 0 Å². The Morgan fingerprint density at radius 1 is 1.21 bits per heavy atom. The average Bonchev–Trinajstić information content (AvgIpc) is 3.06. The van der Waals surface area contributed by atoms with Crippen LogP contribution in [0.5, 0.6) is 0 Å². The summed E-state index contributed by atoms with van der Waals surface area (Å²) in [5.41, 5.74) is 1.48. The zero-order chi connectivity index (χ0) is 23.5. The third kappa shape index (κ3) is 4.51. The van der Waals surface area contributed by atoms with E-state index in [1.165, 1.54) is 7.05 Å². The summed E-state index contributed by atoms with van der Waals surface area (Å²) >= 11 is 0. The molecular weight excluding hydrogens is 421 g/mol. The average molecular weight is 449 g/mol. The van der Waals surface area contributed by atoms with Gasteiger partial charge in [-0.05, 0) is 37.1 Å². The summed E-state index contributed by atoms with van der Waals surface area (Å²) in [6.45, 7) is 4.71. The maximum Gasteiger partial charge on any atom is 0.268 e. The number of amides is 3. The van der Waals surface area contributed by atoms with E-state index in [1.54, 1.807) is 12.1 Å². The first-order valence-corrected chi connectivity index (χ1v) is 11.5. The van der Waals surface area contributed by atoms with Crippen molar-refractivity contribution in [3.8, 4) is 5.97 Å². The molecule has 3 aliphatic rings. The van der Waals surface area contributed by atoms with Gasteiger partial charge in [-0.1, -0.05) is 12.6 Å². The standard InChI is InChI=1S/C23H28BN5O4/c1-26-21(31)20(3-2-10-30)29-22(32)18-5-4-17(11-19(18)23(29)33)28-8-6-27(7-9-28)14-16-12-24(13-16)15-25/h4-5,10-11,16,20H,2-3,6-9,12-14H2,1H3,(H,26,31). The second-order valence-electron chi connectivity index (χ2n) is 9.04. The summed E-state index contributed by atoms with van der Waals surface area (Å²) in [6.07, 6.45) is 2.85. The van der Waals surface area contributed by atoms with Gasteiger partial charge in [0.1, 0.15) is 12.3 Å². The maximum absolute atomic E-state index is 13.1. The first-order chi connectivity index (χ1) is 16.0. The number of imide groups is 1. The number of piperazine rings is 1. The third-order valence-electron chi connectivity index (χ3n) is 6.99. The Labute approximate surface area is 193 Å². The third-order valence-corrected chi connectivity index (χ3v) is 6.99. The molecule has 2 saturated heterocycles. The van der Waals surface area contributed by atoms with E-state index in [0.29, 0.717) is 23.3 Å². The van der Waals surface area contributed by atoms with Crippen molar-refractivity contribution >= 4 is 36.4 Å². The van der Waals surface area contributed by atoms with Gasteiger partial charge in [0, 0.05) is 51.3 Å². The SMILES string of the molecule is CNC(=O)C(CCC=O)N1C(=O)c2ccc(N3CCN(CC4CB(C#N)C4)CC3)cc2C1=O. The number of benzene rings is 1. The van der Waals surface area contributed by atoms with Crippen molar-refractivity contribution in [3.05, 3.63) is 29.3 Å². The molecule has 1 aromatic carbocycles. The number of aldehydes is 1. The highest BCUT2D eigenvalue weighted by atomic mass is 16.2. The Morgan fingerprint density at radius 2 is 1.91 bits per heavy atom. The second-order valence-corrected chi connectivity index (χ2v) is 9.04. The van der Waals surface area contributed by atoms with Crippen molar-refractivity contribution in [2.45, 2.75) is 31.5 Å². The van der Waals surface area contributed by atoms with Crippen LogP contribution in [0.15, 0.2) is 18.2 Å². The van der Waals surface area contributed by atoms with Gasteiger partial charge in [0.05, 0.1) is 11.1 Å². The van der Waals surface area contributed by atoms with Crippen LogP contribution >= 0.6 is 0 Å². The first kappa shape index (κ1) is 23.0. The normalized spacial score (nSPS) is 19.7. The predicted octanol–water partition coefficient (Wildman–Crippen LogP) is 0.686. The lowest BCUT2D eigenvalue weighted by Gasteiger charge is -2.40. The van der Waals surface area contributed by atoms with Crippen LogP contribution in [0.2, 0.25) is 12.6 Å². The number of rotatable bonds is 8. The van der Waals surface area contributed by atoms with E-state index in [4.69, 9.17) is 5.26 Å². The minimum absolute atomic E-state index is 0.0824. The van der Waals surface area contributed by atoms with Crippen LogP contribution in [0, 0.1) is 17.1 Å². The monoisotopic (exact) mass is 449 g/mol. The van der Waals surface area contributed by atoms with Gasteiger partial charge >= 0.3 is 0 Å². The van der Waals surface area contributed by atoms with E-state index >= 15 is 0 Å². The van der Waals surface area contributed by atoms with Crippen LogP contribution in [-0.2, 0) is 9.59 Å². The number of nitrogens with zero attached hydrogens (tertiary/aromatic N) is 4. The minimum atomic E-state index is -1.01. The zero-order valence-electron chi connectivity index (χ0n) is 18.8. The molecule has 172 valence electrons. The molecule has 1 N–H and O–H groups in total. The Kier molecular flexibility index (Phi) is 6.79. The Bertz CT molecular complexity index is 995. The minimum Gasteiger partial charge on any atom is -0.369 e. The van der Waals surface area contributed by atoms with Crippen LogP contribution in [-0.4, -0.2) is 86.3 Å². The fraction of sp³-hybridized carbons (Fsp3) is 0.522. The van der Waals surface area contributed by atoms with Crippen molar-refractivity contribution < 1.29 is 19.2 Å². The molecule has 0 aliphatic carbocycles. The summed E-state index contributed by atoms with van der Waals surface area (Å²) in [7, 11) is 1.44. The molecule has 4 rings (SSSR count). The molecule has 0 spiro atoms. The van der Waals surface area contributed by atoms with Gasteiger partial charge in [-0.2, -0.15) is 0 Å². The number of carbonyl (C=O) groups excluding carboxylic acids is 4. The molecule has 3 amide bonds. The predicted molar refractivity (Wildman–Crippen MR) is 123 cm³/mol. The van der Waals surface area contributed by atoms with Gasteiger partial charge in [0.15, 0.2) is 0 Å². The van der Waals surface area contributed by atoms with E-state index in [0.717, 1.165) is 56.0 Å². The van der Waals surface area contributed by atoms with Crippen molar-refractivity contribution in [3.63, 3.8) is 0 Å². The molecule has 3 aliphatic heterocycles. The molecule has 10 heteroatoms. The number of nitrogens with one attached hydrogen (secondary N) is 1. The van der Waals surface area contributed by atoms with E-state index < -0.39 is 23.8 Å². The molecule has 0 radical (unpaired) electrons. The highest BCUT2D eigenvalue weighted by Gasteiger charge is 2.42. The number of fused-ring (bicyclic) bond motifs is 1. The van der Waals surface area contributed by atoms with E-state index in [-0.39, 0.29) is 19.6 Å². The number of carbonyl (C=O) groups is 4. The van der Waals surface area contributed by atoms with Gasteiger partial charge in [-0.15, -0.1) is 0 Å². The lowest BCUT2D eigenvalue weighted by molar-refractivity contribution is -0.124. The summed E-state index contributed by atoms with van der Waals surface area (Å²) in [6, 6.07) is 4.25. The van der Waals surface area contributed by atoms with Crippen molar-refractivity contribution in [1.29, 1.82) is 5.26 Å². The molecule has 3 heterocycles. The summed E-state index contributed by atoms with van der Waals surface area (Å²) in [5.74, 6) is 1.49. The Hall–Kier alpha value is -3.19. The molecule has 0 aromatic heterocycles. The highest BCUT2D eigenvalue weighted by molar-refractivity contribution is 6.69.